The maximum Gasteiger partial charge on any atom is 0.415 e. The van der Waals surface area contributed by atoms with Crippen molar-refractivity contribution >= 4 is 17.8 Å². The van der Waals surface area contributed by atoms with Gasteiger partial charge < -0.3 is 19.9 Å². The molecule has 142 valence electrons. The topological polar surface area (TPSA) is 61.9 Å². The number of ether oxygens (including phenoxy) is 1. The molecule has 3 rings (SSSR count). The number of urea groups is 1. The van der Waals surface area contributed by atoms with Crippen molar-refractivity contribution in [2.75, 3.05) is 31.5 Å². The first-order valence-corrected chi connectivity index (χ1v) is 8.56. The van der Waals surface area contributed by atoms with E-state index >= 15 is 0 Å². The molecule has 0 atom stereocenters. The van der Waals surface area contributed by atoms with Crippen molar-refractivity contribution in [2.45, 2.75) is 6.42 Å². The van der Waals surface area contributed by atoms with Gasteiger partial charge in [0.05, 0.1) is 5.69 Å². The lowest BCUT2D eigenvalue weighted by atomic mass is 10.3. The number of hydrogen-bond donors (Lipinski definition) is 1. The quantitative estimate of drug-likeness (QED) is 0.871. The molecule has 1 aliphatic rings. The predicted molar refractivity (Wildman–Crippen MR) is 95.6 cm³/mol. The monoisotopic (exact) mass is 375 g/mol. The van der Waals surface area contributed by atoms with Crippen LogP contribution in [0.2, 0.25) is 0 Å². The number of carbonyl (C=O) groups excluding carboxylic acids is 2. The molecule has 0 radical (unpaired) electrons. The summed E-state index contributed by atoms with van der Waals surface area (Å²) >= 11 is 0. The summed E-state index contributed by atoms with van der Waals surface area (Å²) in [5.74, 6) is -1.69. The molecule has 2 aromatic carbocycles. The van der Waals surface area contributed by atoms with Crippen LogP contribution < -0.4 is 10.1 Å². The lowest BCUT2D eigenvalue weighted by Crippen LogP contribution is -2.40. The maximum atomic E-state index is 13.7. The molecule has 2 aromatic rings. The van der Waals surface area contributed by atoms with Crippen molar-refractivity contribution in [3.8, 4) is 5.75 Å². The van der Waals surface area contributed by atoms with E-state index < -0.39 is 23.8 Å². The summed E-state index contributed by atoms with van der Waals surface area (Å²) < 4.78 is 32.3. The Kier molecular flexibility index (Phi) is 5.85. The highest BCUT2D eigenvalue weighted by Gasteiger charge is 2.24. The number of para-hydroxylation sites is 1. The first-order chi connectivity index (χ1) is 13.0. The van der Waals surface area contributed by atoms with Gasteiger partial charge in [0.25, 0.3) is 0 Å². The highest BCUT2D eigenvalue weighted by molar-refractivity contribution is 5.89. The number of anilines is 1. The fourth-order valence-corrected chi connectivity index (χ4v) is 2.75. The van der Waals surface area contributed by atoms with Crippen LogP contribution in [0.4, 0.5) is 24.1 Å². The Bertz CT molecular complexity index is 817. The predicted octanol–water partition coefficient (Wildman–Crippen LogP) is 3.70. The van der Waals surface area contributed by atoms with Crippen molar-refractivity contribution in [1.29, 1.82) is 0 Å². The Balaban J connectivity index is 1.57. The van der Waals surface area contributed by atoms with Gasteiger partial charge in [0.15, 0.2) is 11.6 Å². The Hall–Kier alpha value is -3.16. The fraction of sp³-hybridized carbons (Fsp3) is 0.263. The van der Waals surface area contributed by atoms with E-state index in [4.69, 9.17) is 4.74 Å². The second-order valence-electron chi connectivity index (χ2n) is 6.04. The summed E-state index contributed by atoms with van der Waals surface area (Å²) in [4.78, 5) is 27.6. The summed E-state index contributed by atoms with van der Waals surface area (Å²) in [6, 6.07) is 11.8. The lowest BCUT2D eigenvalue weighted by Gasteiger charge is -2.22. The maximum absolute atomic E-state index is 13.7. The molecule has 1 heterocycles. The fourth-order valence-electron chi connectivity index (χ4n) is 2.75. The number of benzene rings is 2. The Morgan fingerprint density at radius 2 is 1.59 bits per heavy atom. The van der Waals surface area contributed by atoms with Crippen LogP contribution in [-0.4, -0.2) is 48.1 Å². The molecular weight excluding hydrogens is 356 g/mol. The van der Waals surface area contributed by atoms with E-state index in [0.717, 1.165) is 6.07 Å². The van der Waals surface area contributed by atoms with E-state index in [1.807, 2.05) is 6.07 Å². The highest BCUT2D eigenvalue weighted by atomic mass is 19.2. The van der Waals surface area contributed by atoms with Crippen molar-refractivity contribution in [1.82, 2.24) is 9.80 Å². The Morgan fingerprint density at radius 1 is 0.889 bits per heavy atom. The summed E-state index contributed by atoms with van der Waals surface area (Å²) in [6.45, 7) is 1.36. The van der Waals surface area contributed by atoms with Gasteiger partial charge in [-0.1, -0.05) is 24.3 Å². The smallest absolute Gasteiger partial charge is 0.410 e. The molecule has 0 aliphatic carbocycles. The van der Waals surface area contributed by atoms with Gasteiger partial charge in [-0.2, -0.15) is 0 Å². The molecule has 0 bridgehead atoms. The minimum absolute atomic E-state index is 0.218. The lowest BCUT2D eigenvalue weighted by molar-refractivity contribution is 0.153. The van der Waals surface area contributed by atoms with Gasteiger partial charge >= 0.3 is 12.1 Å². The van der Waals surface area contributed by atoms with Crippen LogP contribution in [0, 0.1) is 11.6 Å². The van der Waals surface area contributed by atoms with Gasteiger partial charge in [0.2, 0.25) is 0 Å². The van der Waals surface area contributed by atoms with Gasteiger partial charge in [-0.15, -0.1) is 0 Å². The van der Waals surface area contributed by atoms with Gasteiger partial charge in [0, 0.05) is 26.2 Å². The first kappa shape index (κ1) is 18.6. The zero-order valence-electron chi connectivity index (χ0n) is 14.5. The Morgan fingerprint density at radius 3 is 2.37 bits per heavy atom. The molecule has 1 N–H and O–H groups in total. The molecular formula is C19H19F2N3O3. The standard InChI is InChI=1S/C19H19F2N3O3/c20-15-8-4-9-16(17(15)21)22-18(25)23-10-5-11-24(13-12-23)19(26)27-14-6-2-1-3-7-14/h1-4,6-9H,5,10-13H2,(H,22,25). The molecule has 1 fully saturated rings. The molecule has 6 nitrogen and oxygen atoms in total. The van der Waals surface area contributed by atoms with E-state index in [9.17, 15) is 18.4 Å². The van der Waals surface area contributed by atoms with Crippen LogP contribution in [0.3, 0.4) is 0 Å². The molecule has 0 spiro atoms. The van der Waals surface area contributed by atoms with E-state index in [1.165, 1.54) is 21.9 Å². The van der Waals surface area contributed by atoms with Crippen LogP contribution in [0.25, 0.3) is 0 Å². The zero-order valence-corrected chi connectivity index (χ0v) is 14.5. The van der Waals surface area contributed by atoms with Gasteiger partial charge in [-0.05, 0) is 30.7 Å². The number of hydrogen-bond acceptors (Lipinski definition) is 3. The van der Waals surface area contributed by atoms with Crippen LogP contribution >= 0.6 is 0 Å². The second-order valence-corrected chi connectivity index (χ2v) is 6.04. The molecule has 0 unspecified atom stereocenters. The van der Waals surface area contributed by atoms with E-state index in [-0.39, 0.29) is 18.8 Å². The van der Waals surface area contributed by atoms with E-state index in [1.54, 1.807) is 24.3 Å². The number of carbonyl (C=O) groups is 2. The molecule has 1 saturated heterocycles. The third kappa shape index (κ3) is 4.72. The summed E-state index contributed by atoms with van der Waals surface area (Å²) in [5.41, 5.74) is -0.218. The number of nitrogens with zero attached hydrogens (tertiary/aromatic N) is 2. The summed E-state index contributed by atoms with van der Waals surface area (Å²) in [6.07, 6.45) is 0.0581. The largest absolute Gasteiger partial charge is 0.415 e. The number of rotatable bonds is 2. The average molecular weight is 375 g/mol. The van der Waals surface area contributed by atoms with Crippen LogP contribution in [0.15, 0.2) is 48.5 Å². The number of nitrogens with one attached hydrogen (secondary N) is 1. The molecule has 8 heteroatoms. The normalized spacial score (nSPS) is 14.4. The van der Waals surface area contributed by atoms with E-state index in [0.29, 0.717) is 25.3 Å². The first-order valence-electron chi connectivity index (χ1n) is 8.56. The Labute approximate surface area is 155 Å². The minimum atomic E-state index is -1.10. The minimum Gasteiger partial charge on any atom is -0.410 e. The molecule has 27 heavy (non-hydrogen) atoms. The SMILES string of the molecule is O=C(Nc1cccc(F)c1F)N1CCCN(C(=O)Oc2ccccc2)CC1. The molecule has 0 aromatic heterocycles. The van der Waals surface area contributed by atoms with Crippen molar-refractivity contribution in [2.24, 2.45) is 0 Å². The van der Waals surface area contributed by atoms with Crippen molar-refractivity contribution in [3.05, 3.63) is 60.2 Å². The van der Waals surface area contributed by atoms with Crippen molar-refractivity contribution in [3.63, 3.8) is 0 Å². The summed E-state index contributed by atoms with van der Waals surface area (Å²) in [5, 5.41) is 2.37. The molecule has 1 aliphatic heterocycles. The highest BCUT2D eigenvalue weighted by Crippen LogP contribution is 2.18. The third-order valence-electron chi connectivity index (χ3n) is 4.18. The molecule has 3 amide bonds. The van der Waals surface area contributed by atoms with Gasteiger partial charge in [-0.25, -0.2) is 18.4 Å². The number of halogens is 2. The second kappa shape index (κ2) is 8.48. The third-order valence-corrected chi connectivity index (χ3v) is 4.18. The zero-order chi connectivity index (χ0) is 19.2. The summed E-state index contributed by atoms with van der Waals surface area (Å²) in [7, 11) is 0. The van der Waals surface area contributed by atoms with Crippen LogP contribution in [-0.2, 0) is 0 Å². The van der Waals surface area contributed by atoms with Crippen molar-refractivity contribution < 1.29 is 23.1 Å². The number of amides is 3. The van der Waals surface area contributed by atoms with E-state index in [2.05, 4.69) is 5.32 Å². The molecule has 0 saturated carbocycles. The van der Waals surface area contributed by atoms with Crippen LogP contribution in [0.5, 0.6) is 5.75 Å². The van der Waals surface area contributed by atoms with Crippen LogP contribution in [0.1, 0.15) is 6.42 Å². The average Bonchev–Trinajstić information content (AvgIpc) is 2.93. The van der Waals surface area contributed by atoms with Gasteiger partial charge in [0.1, 0.15) is 5.75 Å². The van der Waals surface area contributed by atoms with Gasteiger partial charge in [-0.3, -0.25) is 0 Å².